The van der Waals surface area contributed by atoms with Gasteiger partial charge in [0.15, 0.2) is 0 Å². The Bertz CT molecular complexity index is 402. The molecule has 1 atom stereocenters. The normalized spacial score (nSPS) is 24.4. The molecule has 0 radical (unpaired) electrons. The van der Waals surface area contributed by atoms with E-state index in [2.05, 4.69) is 10.6 Å². The van der Waals surface area contributed by atoms with Crippen LogP contribution in [0.1, 0.15) is 52.4 Å². The van der Waals surface area contributed by atoms with Crippen LogP contribution >= 0.6 is 0 Å². The summed E-state index contributed by atoms with van der Waals surface area (Å²) in [6.07, 6.45) is 5.53. The average Bonchev–Trinajstić information content (AvgIpc) is 2.65. The highest BCUT2D eigenvalue weighted by Gasteiger charge is 2.40. The van der Waals surface area contributed by atoms with E-state index in [0.717, 1.165) is 25.7 Å². The number of carbonyl (C=O) groups is 3. The second-order valence-corrected chi connectivity index (χ2v) is 5.91. The Balaban J connectivity index is 1.85. The quantitative estimate of drug-likeness (QED) is 0.762. The first kappa shape index (κ1) is 14.8. The molecule has 0 unspecified atom stereocenters. The zero-order valence-corrected chi connectivity index (χ0v) is 12.1. The first-order chi connectivity index (χ1) is 9.49. The fourth-order valence-electron chi connectivity index (χ4n) is 2.94. The molecule has 0 aromatic rings. The molecule has 6 nitrogen and oxygen atoms in total. The van der Waals surface area contributed by atoms with Gasteiger partial charge in [0.1, 0.15) is 6.04 Å². The number of rotatable bonds is 3. The molecule has 0 spiro atoms. The van der Waals surface area contributed by atoms with Crippen molar-refractivity contribution >= 4 is 17.8 Å². The summed E-state index contributed by atoms with van der Waals surface area (Å²) in [5, 5.41) is 5.52. The number of hydrogen-bond acceptors (Lipinski definition) is 3. The van der Waals surface area contributed by atoms with Crippen molar-refractivity contribution < 1.29 is 14.4 Å². The van der Waals surface area contributed by atoms with Gasteiger partial charge in [-0.3, -0.25) is 14.5 Å². The Labute approximate surface area is 119 Å². The molecule has 4 amide bonds. The van der Waals surface area contributed by atoms with E-state index in [1.807, 2.05) is 0 Å². The van der Waals surface area contributed by atoms with Gasteiger partial charge in [-0.05, 0) is 26.7 Å². The van der Waals surface area contributed by atoms with Crippen molar-refractivity contribution in [1.82, 2.24) is 15.5 Å². The summed E-state index contributed by atoms with van der Waals surface area (Å²) in [4.78, 5) is 36.9. The van der Waals surface area contributed by atoms with E-state index in [1.165, 1.54) is 11.3 Å². The van der Waals surface area contributed by atoms with Crippen molar-refractivity contribution in [3.63, 3.8) is 0 Å². The van der Waals surface area contributed by atoms with Gasteiger partial charge in [0.2, 0.25) is 5.91 Å². The smallest absolute Gasteiger partial charge is 0.315 e. The van der Waals surface area contributed by atoms with Crippen LogP contribution in [0.25, 0.3) is 0 Å². The highest BCUT2D eigenvalue weighted by molar-refractivity contribution is 6.07. The molecule has 2 aliphatic rings. The standard InChI is InChI=1S/C14H23N3O3/c1-9(2)17-12(18)8-11(13(17)19)16-14(20)15-10-6-4-3-5-7-10/h9-11H,3-8H2,1-2H3,(H2,15,16,20)/t11-/m0/s1. The SMILES string of the molecule is CC(C)N1C(=O)C[C@H](NC(=O)NC2CCCCC2)C1=O. The number of nitrogens with zero attached hydrogens (tertiary/aromatic N) is 1. The van der Waals surface area contributed by atoms with Crippen LogP contribution in [0, 0.1) is 0 Å². The van der Waals surface area contributed by atoms with Gasteiger partial charge in [-0.1, -0.05) is 19.3 Å². The van der Waals surface area contributed by atoms with E-state index in [0.29, 0.717) is 0 Å². The second-order valence-electron chi connectivity index (χ2n) is 5.91. The van der Waals surface area contributed by atoms with Gasteiger partial charge in [0, 0.05) is 12.1 Å². The largest absolute Gasteiger partial charge is 0.335 e. The Morgan fingerprint density at radius 1 is 1.15 bits per heavy atom. The summed E-state index contributed by atoms with van der Waals surface area (Å²) >= 11 is 0. The molecule has 2 N–H and O–H groups in total. The maximum Gasteiger partial charge on any atom is 0.315 e. The molecule has 0 aromatic heterocycles. The van der Waals surface area contributed by atoms with Crippen LogP contribution in [0.15, 0.2) is 0 Å². The van der Waals surface area contributed by atoms with E-state index >= 15 is 0 Å². The maximum absolute atomic E-state index is 12.0. The number of imide groups is 1. The van der Waals surface area contributed by atoms with Crippen LogP contribution in [0.2, 0.25) is 0 Å². The van der Waals surface area contributed by atoms with Gasteiger partial charge in [-0.2, -0.15) is 0 Å². The predicted molar refractivity (Wildman–Crippen MR) is 73.9 cm³/mol. The molecule has 1 heterocycles. The molecule has 20 heavy (non-hydrogen) atoms. The van der Waals surface area contributed by atoms with Gasteiger partial charge < -0.3 is 10.6 Å². The van der Waals surface area contributed by atoms with Crippen molar-refractivity contribution in [2.75, 3.05) is 0 Å². The second kappa shape index (κ2) is 6.24. The van der Waals surface area contributed by atoms with Crippen LogP contribution in [-0.2, 0) is 9.59 Å². The summed E-state index contributed by atoms with van der Waals surface area (Å²) in [6, 6.07) is -1.03. The number of likely N-dealkylation sites (tertiary alicyclic amines) is 1. The van der Waals surface area contributed by atoms with Crippen LogP contribution in [0.4, 0.5) is 4.79 Å². The summed E-state index contributed by atoms with van der Waals surface area (Å²) in [5.41, 5.74) is 0. The highest BCUT2D eigenvalue weighted by atomic mass is 16.2. The Morgan fingerprint density at radius 2 is 1.80 bits per heavy atom. The number of hydrogen-bond donors (Lipinski definition) is 2. The molecule has 1 saturated heterocycles. The first-order valence-corrected chi connectivity index (χ1v) is 7.42. The van der Waals surface area contributed by atoms with Crippen LogP contribution in [-0.4, -0.2) is 40.9 Å². The minimum absolute atomic E-state index is 0.0646. The molecule has 1 aliphatic heterocycles. The van der Waals surface area contributed by atoms with Crippen molar-refractivity contribution in [2.45, 2.75) is 70.5 Å². The van der Waals surface area contributed by atoms with E-state index in [9.17, 15) is 14.4 Å². The zero-order chi connectivity index (χ0) is 14.7. The third-order valence-corrected chi connectivity index (χ3v) is 3.95. The predicted octanol–water partition coefficient (Wildman–Crippen LogP) is 1.15. The number of amides is 4. The lowest BCUT2D eigenvalue weighted by molar-refractivity contribution is -0.140. The topological polar surface area (TPSA) is 78.5 Å². The Morgan fingerprint density at radius 3 is 2.35 bits per heavy atom. The van der Waals surface area contributed by atoms with Crippen LogP contribution in [0.5, 0.6) is 0 Å². The van der Waals surface area contributed by atoms with Gasteiger partial charge in [0.25, 0.3) is 5.91 Å². The molecule has 0 bridgehead atoms. The fraction of sp³-hybridized carbons (Fsp3) is 0.786. The third kappa shape index (κ3) is 3.29. The van der Waals surface area contributed by atoms with E-state index < -0.39 is 6.04 Å². The molecular formula is C14H23N3O3. The minimum atomic E-state index is -0.714. The molecule has 1 aliphatic carbocycles. The van der Waals surface area contributed by atoms with Crippen LogP contribution in [0.3, 0.4) is 0 Å². The number of carbonyl (C=O) groups excluding carboxylic acids is 3. The molecule has 2 rings (SSSR count). The van der Waals surface area contributed by atoms with Crippen molar-refractivity contribution in [1.29, 1.82) is 0 Å². The third-order valence-electron chi connectivity index (χ3n) is 3.95. The molecular weight excluding hydrogens is 258 g/mol. The van der Waals surface area contributed by atoms with Crippen molar-refractivity contribution in [3.8, 4) is 0 Å². The molecule has 6 heteroatoms. The summed E-state index contributed by atoms with van der Waals surface area (Å²) in [7, 11) is 0. The van der Waals surface area contributed by atoms with Crippen LogP contribution < -0.4 is 10.6 Å². The monoisotopic (exact) mass is 281 g/mol. The number of urea groups is 1. The maximum atomic E-state index is 12.0. The lowest BCUT2D eigenvalue weighted by Crippen LogP contribution is -2.49. The van der Waals surface area contributed by atoms with Gasteiger partial charge in [0.05, 0.1) is 6.42 Å². The molecule has 1 saturated carbocycles. The van der Waals surface area contributed by atoms with Crippen molar-refractivity contribution in [2.24, 2.45) is 0 Å². The molecule has 112 valence electrons. The Hall–Kier alpha value is -1.59. The lowest BCUT2D eigenvalue weighted by atomic mass is 9.96. The van der Waals surface area contributed by atoms with Crippen molar-refractivity contribution in [3.05, 3.63) is 0 Å². The summed E-state index contributed by atoms with van der Waals surface area (Å²) < 4.78 is 0. The lowest BCUT2D eigenvalue weighted by Gasteiger charge is -2.24. The van der Waals surface area contributed by atoms with E-state index in [-0.39, 0.29) is 36.3 Å². The number of nitrogens with one attached hydrogen (secondary N) is 2. The Kier molecular flexibility index (Phi) is 4.62. The highest BCUT2D eigenvalue weighted by Crippen LogP contribution is 2.18. The van der Waals surface area contributed by atoms with Gasteiger partial charge in [-0.15, -0.1) is 0 Å². The van der Waals surface area contributed by atoms with Gasteiger partial charge in [-0.25, -0.2) is 4.79 Å². The first-order valence-electron chi connectivity index (χ1n) is 7.42. The summed E-state index contributed by atoms with van der Waals surface area (Å²) in [6.45, 7) is 3.58. The van der Waals surface area contributed by atoms with Gasteiger partial charge >= 0.3 is 6.03 Å². The summed E-state index contributed by atoms with van der Waals surface area (Å²) in [5.74, 6) is -0.517. The zero-order valence-electron chi connectivity index (χ0n) is 12.1. The minimum Gasteiger partial charge on any atom is -0.335 e. The van der Waals surface area contributed by atoms with E-state index in [1.54, 1.807) is 13.8 Å². The van der Waals surface area contributed by atoms with E-state index in [4.69, 9.17) is 0 Å². The molecule has 2 fully saturated rings. The average molecular weight is 281 g/mol. The molecule has 0 aromatic carbocycles. The fourth-order valence-corrected chi connectivity index (χ4v) is 2.94.